The Balaban J connectivity index is 1.98. The number of esters is 1. The highest BCUT2D eigenvalue weighted by molar-refractivity contribution is 9.09. The molecule has 4 nitrogen and oxygen atoms in total. The molecule has 2 aliphatic rings. The summed E-state index contributed by atoms with van der Waals surface area (Å²) in [4.78, 5) is 27.7. The minimum absolute atomic E-state index is 0.0610. The van der Waals surface area contributed by atoms with Gasteiger partial charge in [-0.05, 0) is 44.7 Å². The van der Waals surface area contributed by atoms with E-state index in [0.29, 0.717) is 25.0 Å². The first-order chi connectivity index (χ1) is 10.6. The summed E-state index contributed by atoms with van der Waals surface area (Å²) in [6.07, 6.45) is 3.09. The number of piperidine rings is 1. The van der Waals surface area contributed by atoms with Crippen molar-refractivity contribution in [3.8, 4) is 0 Å². The SMILES string of the molecule is CCOC(=O)[C@]12CC[C@H]([C@@H](Br)CC1)N2C(=O)c1ccccc1. The lowest BCUT2D eigenvalue weighted by molar-refractivity contribution is -0.157. The fourth-order valence-electron chi connectivity index (χ4n) is 3.74. The molecule has 1 aromatic rings. The van der Waals surface area contributed by atoms with Gasteiger partial charge in [-0.3, -0.25) is 4.79 Å². The number of hydrogen-bond acceptors (Lipinski definition) is 3. The Labute approximate surface area is 138 Å². The van der Waals surface area contributed by atoms with Crippen LogP contribution in [-0.4, -0.2) is 39.8 Å². The van der Waals surface area contributed by atoms with Gasteiger partial charge in [0.15, 0.2) is 0 Å². The van der Waals surface area contributed by atoms with Gasteiger partial charge in [0.05, 0.1) is 6.61 Å². The number of carbonyl (C=O) groups is 2. The van der Waals surface area contributed by atoms with E-state index in [-0.39, 0.29) is 22.7 Å². The number of nitrogens with zero attached hydrogens (tertiary/aromatic N) is 1. The summed E-state index contributed by atoms with van der Waals surface area (Å²) in [5.41, 5.74) is -0.151. The minimum Gasteiger partial charge on any atom is -0.464 e. The zero-order valence-corrected chi connectivity index (χ0v) is 14.2. The largest absolute Gasteiger partial charge is 0.464 e. The van der Waals surface area contributed by atoms with Crippen LogP contribution in [0.5, 0.6) is 0 Å². The Morgan fingerprint density at radius 2 is 1.95 bits per heavy atom. The average Bonchev–Trinajstić information content (AvgIpc) is 2.85. The number of ether oxygens (including phenoxy) is 1. The van der Waals surface area contributed by atoms with Crippen LogP contribution in [0.2, 0.25) is 0 Å². The zero-order valence-electron chi connectivity index (χ0n) is 12.6. The highest BCUT2D eigenvalue weighted by Gasteiger charge is 2.59. The number of benzene rings is 1. The van der Waals surface area contributed by atoms with Crippen molar-refractivity contribution in [2.24, 2.45) is 0 Å². The van der Waals surface area contributed by atoms with E-state index in [1.54, 1.807) is 24.0 Å². The van der Waals surface area contributed by atoms with Gasteiger partial charge in [-0.25, -0.2) is 4.79 Å². The third-order valence-electron chi connectivity index (χ3n) is 4.79. The van der Waals surface area contributed by atoms with Crippen LogP contribution >= 0.6 is 15.9 Å². The first kappa shape index (κ1) is 15.5. The topological polar surface area (TPSA) is 46.6 Å². The number of rotatable bonds is 3. The van der Waals surface area contributed by atoms with Gasteiger partial charge in [-0.15, -0.1) is 0 Å². The van der Waals surface area contributed by atoms with E-state index in [9.17, 15) is 9.59 Å². The van der Waals surface area contributed by atoms with Gasteiger partial charge in [-0.2, -0.15) is 0 Å². The van der Waals surface area contributed by atoms with Gasteiger partial charge in [0.1, 0.15) is 5.54 Å². The van der Waals surface area contributed by atoms with E-state index in [1.165, 1.54) is 0 Å². The summed E-state index contributed by atoms with van der Waals surface area (Å²) in [6, 6.07) is 9.25. The predicted octanol–water partition coefficient (Wildman–Crippen LogP) is 3.15. The average molecular weight is 366 g/mol. The van der Waals surface area contributed by atoms with E-state index >= 15 is 0 Å². The molecule has 0 radical (unpaired) electrons. The lowest BCUT2D eigenvalue weighted by atomic mass is 9.87. The second-order valence-corrected chi connectivity index (χ2v) is 7.13. The van der Waals surface area contributed by atoms with Crippen LogP contribution in [0.25, 0.3) is 0 Å². The summed E-state index contributed by atoms with van der Waals surface area (Å²) < 4.78 is 5.31. The summed E-state index contributed by atoms with van der Waals surface area (Å²) in [5, 5.41) is 0. The molecule has 3 rings (SSSR count). The Hall–Kier alpha value is -1.36. The monoisotopic (exact) mass is 365 g/mol. The van der Waals surface area contributed by atoms with Gasteiger partial charge in [0, 0.05) is 16.4 Å². The Kier molecular flexibility index (Phi) is 4.26. The molecule has 2 bridgehead atoms. The summed E-state index contributed by atoms with van der Waals surface area (Å²) in [6.45, 7) is 2.15. The van der Waals surface area contributed by atoms with Crippen molar-refractivity contribution in [3.05, 3.63) is 35.9 Å². The number of halogens is 1. The van der Waals surface area contributed by atoms with E-state index in [4.69, 9.17) is 4.74 Å². The van der Waals surface area contributed by atoms with Gasteiger partial charge in [-0.1, -0.05) is 34.1 Å². The molecule has 2 fully saturated rings. The molecule has 5 heteroatoms. The van der Waals surface area contributed by atoms with Crippen molar-refractivity contribution in [1.82, 2.24) is 4.90 Å². The Morgan fingerprint density at radius 1 is 1.27 bits per heavy atom. The van der Waals surface area contributed by atoms with Crippen LogP contribution in [0.4, 0.5) is 0 Å². The summed E-state index contributed by atoms with van der Waals surface area (Å²) in [5.74, 6) is -0.318. The molecule has 3 atom stereocenters. The van der Waals surface area contributed by atoms with E-state index in [1.807, 2.05) is 18.2 Å². The maximum Gasteiger partial charge on any atom is 0.332 e. The molecular formula is C17H20BrNO3. The van der Waals surface area contributed by atoms with Crippen LogP contribution in [0, 0.1) is 0 Å². The third kappa shape index (κ3) is 2.35. The second-order valence-electron chi connectivity index (χ2n) is 5.95. The lowest BCUT2D eigenvalue weighted by Crippen LogP contribution is -2.60. The number of carbonyl (C=O) groups excluding carboxylic acids is 2. The second kappa shape index (κ2) is 6.03. The van der Waals surface area contributed by atoms with Crippen molar-refractivity contribution in [1.29, 1.82) is 0 Å². The first-order valence-electron chi connectivity index (χ1n) is 7.80. The quantitative estimate of drug-likeness (QED) is 0.610. The van der Waals surface area contributed by atoms with Crippen LogP contribution in [-0.2, 0) is 9.53 Å². The van der Waals surface area contributed by atoms with Gasteiger partial charge in [0.2, 0.25) is 0 Å². The highest BCUT2D eigenvalue weighted by atomic mass is 79.9. The standard InChI is InChI=1S/C17H20BrNO3/c1-2-22-16(21)17-10-8-13(18)14(9-11-17)19(17)15(20)12-6-4-3-5-7-12/h3-7,13-14H,2,8-11H2,1H3/t13-,14+,17+/m0/s1. The molecule has 0 aliphatic carbocycles. The van der Waals surface area contributed by atoms with Crippen LogP contribution in [0.3, 0.4) is 0 Å². The van der Waals surface area contributed by atoms with E-state index < -0.39 is 5.54 Å². The fraction of sp³-hybridized carbons (Fsp3) is 0.529. The van der Waals surface area contributed by atoms with Crippen LogP contribution in [0.1, 0.15) is 43.0 Å². The van der Waals surface area contributed by atoms with Crippen LogP contribution in [0.15, 0.2) is 30.3 Å². The summed E-state index contributed by atoms with van der Waals surface area (Å²) in [7, 11) is 0. The van der Waals surface area contributed by atoms with Crippen molar-refractivity contribution < 1.29 is 14.3 Å². The lowest BCUT2D eigenvalue weighted by Gasteiger charge is -2.44. The number of alkyl halides is 1. The fourth-order valence-corrected chi connectivity index (χ4v) is 4.47. The van der Waals surface area contributed by atoms with E-state index in [0.717, 1.165) is 12.8 Å². The molecular weight excluding hydrogens is 346 g/mol. The zero-order chi connectivity index (χ0) is 15.7. The molecule has 2 aliphatic heterocycles. The smallest absolute Gasteiger partial charge is 0.332 e. The number of hydrogen-bond donors (Lipinski definition) is 0. The molecule has 0 aromatic heterocycles. The molecule has 118 valence electrons. The maximum atomic E-state index is 13.0. The Bertz CT molecular complexity index is 577. The van der Waals surface area contributed by atoms with Crippen molar-refractivity contribution in [2.45, 2.75) is 49.0 Å². The molecule has 0 unspecified atom stereocenters. The maximum absolute atomic E-state index is 13.0. The third-order valence-corrected chi connectivity index (χ3v) is 5.86. The molecule has 22 heavy (non-hydrogen) atoms. The molecule has 0 N–H and O–H groups in total. The van der Waals surface area contributed by atoms with Gasteiger partial charge < -0.3 is 9.64 Å². The Morgan fingerprint density at radius 3 is 2.64 bits per heavy atom. The first-order valence-corrected chi connectivity index (χ1v) is 8.72. The number of amides is 1. The molecule has 0 saturated carbocycles. The number of fused-ring (bicyclic) bond motifs is 2. The van der Waals surface area contributed by atoms with Gasteiger partial charge in [0.25, 0.3) is 5.91 Å². The molecule has 1 amide bonds. The highest BCUT2D eigenvalue weighted by Crippen LogP contribution is 2.47. The predicted molar refractivity (Wildman–Crippen MR) is 86.9 cm³/mol. The van der Waals surface area contributed by atoms with Crippen LogP contribution < -0.4 is 0 Å². The normalized spacial score (nSPS) is 30.2. The van der Waals surface area contributed by atoms with Crippen molar-refractivity contribution >= 4 is 27.8 Å². The van der Waals surface area contributed by atoms with Crippen molar-refractivity contribution in [2.75, 3.05) is 6.61 Å². The molecule has 2 saturated heterocycles. The summed E-state index contributed by atoms with van der Waals surface area (Å²) >= 11 is 3.69. The van der Waals surface area contributed by atoms with Crippen molar-refractivity contribution in [3.63, 3.8) is 0 Å². The van der Waals surface area contributed by atoms with E-state index in [2.05, 4.69) is 15.9 Å². The minimum atomic E-state index is -0.780. The molecule has 2 heterocycles. The molecule has 0 spiro atoms. The van der Waals surface area contributed by atoms with Gasteiger partial charge >= 0.3 is 5.97 Å². The molecule has 1 aromatic carbocycles.